The van der Waals surface area contributed by atoms with Gasteiger partial charge in [-0.15, -0.1) is 0 Å². The first kappa shape index (κ1) is 25.8. The van der Waals surface area contributed by atoms with Gasteiger partial charge in [0.1, 0.15) is 23.9 Å². The lowest BCUT2D eigenvalue weighted by atomic mass is 10.2. The van der Waals surface area contributed by atoms with E-state index in [9.17, 15) is 4.57 Å². The second-order valence-corrected chi connectivity index (χ2v) is 10.6. The van der Waals surface area contributed by atoms with Gasteiger partial charge >= 0.3 is 7.52 Å². The van der Waals surface area contributed by atoms with Crippen LogP contribution in [0.5, 0.6) is 5.75 Å². The van der Waals surface area contributed by atoms with Crippen molar-refractivity contribution in [1.29, 1.82) is 0 Å². The quantitative estimate of drug-likeness (QED) is 0.254. The fraction of sp³-hybridized carbons (Fsp3) is 0.320. The number of ether oxygens (including phenoxy) is 2. The number of fused-ring (bicyclic) bond motifs is 1. The Morgan fingerprint density at radius 2 is 1.75 bits per heavy atom. The number of imidazole rings is 1. The number of benzene rings is 2. The van der Waals surface area contributed by atoms with E-state index in [0.29, 0.717) is 42.5 Å². The molecule has 4 aromatic rings. The molecule has 11 heteroatoms. The molecule has 2 heterocycles. The molecule has 0 bridgehead atoms. The van der Waals surface area contributed by atoms with Crippen LogP contribution in [0.1, 0.15) is 19.4 Å². The van der Waals surface area contributed by atoms with Crippen LogP contribution >= 0.6 is 7.52 Å². The summed E-state index contributed by atoms with van der Waals surface area (Å²) in [5.41, 5.74) is 8.10. The maximum atomic E-state index is 13.8. The van der Waals surface area contributed by atoms with Gasteiger partial charge in [-0.25, -0.2) is 20.0 Å². The fourth-order valence-corrected chi connectivity index (χ4v) is 5.47. The fourth-order valence-electron chi connectivity index (χ4n) is 3.63. The highest BCUT2D eigenvalue weighted by Gasteiger charge is 2.29. The third-order valence-corrected chi connectivity index (χ3v) is 7.13. The number of aromatic nitrogens is 4. The van der Waals surface area contributed by atoms with E-state index in [2.05, 4.69) is 20.0 Å². The van der Waals surface area contributed by atoms with Crippen LogP contribution in [-0.4, -0.2) is 44.6 Å². The minimum atomic E-state index is -3.43. The first-order valence-corrected chi connectivity index (χ1v) is 13.5. The summed E-state index contributed by atoms with van der Waals surface area (Å²) in [6.07, 6.45) is 2.60. The van der Waals surface area contributed by atoms with Crippen LogP contribution in [0.3, 0.4) is 0 Å². The Balaban J connectivity index is 1.37. The SMILES string of the molecule is C[C@H](Cn1cnc2c(N)ncnc21)OC[P@@](=O)(N[C@@H](C)COCc1ccccc1)Oc1ccccc1. The maximum Gasteiger partial charge on any atom is 0.342 e. The number of nitrogens with two attached hydrogens (primary N) is 1. The monoisotopic (exact) mass is 510 g/mol. The summed E-state index contributed by atoms with van der Waals surface area (Å²) in [5, 5.41) is 3.11. The van der Waals surface area contributed by atoms with Gasteiger partial charge in [-0.3, -0.25) is 4.57 Å². The minimum Gasteiger partial charge on any atom is -0.431 e. The van der Waals surface area contributed by atoms with Gasteiger partial charge in [0.15, 0.2) is 11.5 Å². The van der Waals surface area contributed by atoms with Gasteiger partial charge in [0.25, 0.3) is 0 Å². The zero-order chi connectivity index (χ0) is 25.4. The average Bonchev–Trinajstić information content (AvgIpc) is 3.28. The third kappa shape index (κ3) is 7.11. The second kappa shape index (κ2) is 12.1. The lowest BCUT2D eigenvalue weighted by Gasteiger charge is -2.25. The Morgan fingerprint density at radius 3 is 2.50 bits per heavy atom. The molecule has 2 aromatic heterocycles. The average molecular weight is 511 g/mol. The molecule has 2 aromatic carbocycles. The number of nitrogens with one attached hydrogen (secondary N) is 1. The Kier molecular flexibility index (Phi) is 8.66. The van der Waals surface area contributed by atoms with Gasteiger partial charge < -0.3 is 24.3 Å². The van der Waals surface area contributed by atoms with E-state index >= 15 is 0 Å². The topological polar surface area (TPSA) is 126 Å². The van der Waals surface area contributed by atoms with Gasteiger partial charge in [0.05, 0.1) is 32.2 Å². The second-order valence-electron chi connectivity index (χ2n) is 8.54. The van der Waals surface area contributed by atoms with Crippen molar-refractivity contribution in [2.24, 2.45) is 0 Å². The molecular formula is C25H31N6O4P. The smallest absolute Gasteiger partial charge is 0.342 e. The molecule has 36 heavy (non-hydrogen) atoms. The highest BCUT2D eigenvalue weighted by molar-refractivity contribution is 7.57. The lowest BCUT2D eigenvalue weighted by Crippen LogP contribution is -2.32. The molecule has 0 aliphatic heterocycles. The standard InChI is InChI=1S/C25H31N6O4P/c1-19(14-33-15-21-9-5-3-6-10-21)30-36(32,35-22-11-7-4-8-12-22)18-34-20(2)13-31-17-29-23-24(26)27-16-28-25(23)31/h3-12,16-17,19-20H,13-15,18H2,1-2H3,(H,30,32)(H2,26,27,28)/t19-,20+,36-/m0/s1. The molecule has 0 saturated heterocycles. The zero-order valence-electron chi connectivity index (χ0n) is 20.4. The van der Waals surface area contributed by atoms with E-state index < -0.39 is 7.52 Å². The number of hydrogen-bond acceptors (Lipinski definition) is 8. The van der Waals surface area contributed by atoms with E-state index in [1.807, 2.05) is 66.9 Å². The number of nitrogens with zero attached hydrogens (tertiary/aromatic N) is 4. The number of para-hydroxylation sites is 1. The van der Waals surface area contributed by atoms with Gasteiger partial charge in [0.2, 0.25) is 0 Å². The Labute approximate surface area is 210 Å². The summed E-state index contributed by atoms with van der Waals surface area (Å²) in [4.78, 5) is 12.5. The minimum absolute atomic E-state index is 0.129. The van der Waals surface area contributed by atoms with E-state index in [1.54, 1.807) is 18.5 Å². The molecule has 0 aliphatic carbocycles. The molecule has 0 saturated carbocycles. The molecule has 3 atom stereocenters. The van der Waals surface area contributed by atoms with Crippen LogP contribution in [0.15, 0.2) is 73.3 Å². The summed E-state index contributed by atoms with van der Waals surface area (Å²) in [5.74, 6) is 0.815. The molecule has 10 nitrogen and oxygen atoms in total. The Morgan fingerprint density at radius 1 is 1.03 bits per heavy atom. The predicted molar refractivity (Wildman–Crippen MR) is 139 cm³/mol. The molecule has 190 valence electrons. The lowest BCUT2D eigenvalue weighted by molar-refractivity contribution is 0.0800. The predicted octanol–water partition coefficient (Wildman–Crippen LogP) is 4.24. The van der Waals surface area contributed by atoms with Crippen LogP contribution < -0.4 is 15.3 Å². The molecule has 0 unspecified atom stereocenters. The van der Waals surface area contributed by atoms with Gasteiger partial charge in [-0.2, -0.15) is 0 Å². The van der Waals surface area contributed by atoms with Crippen molar-refractivity contribution in [3.8, 4) is 5.75 Å². The third-order valence-electron chi connectivity index (χ3n) is 5.30. The van der Waals surface area contributed by atoms with E-state index in [1.165, 1.54) is 6.33 Å². The van der Waals surface area contributed by atoms with Crippen LogP contribution in [0.25, 0.3) is 11.2 Å². The number of rotatable bonds is 13. The summed E-state index contributed by atoms with van der Waals surface area (Å²) in [6, 6.07) is 18.7. The number of hydrogen-bond donors (Lipinski definition) is 2. The largest absolute Gasteiger partial charge is 0.431 e. The van der Waals surface area contributed by atoms with Crippen molar-refractivity contribution < 1.29 is 18.6 Å². The highest BCUT2D eigenvalue weighted by Crippen LogP contribution is 2.44. The van der Waals surface area contributed by atoms with Crippen molar-refractivity contribution in [2.75, 3.05) is 18.7 Å². The van der Waals surface area contributed by atoms with Gasteiger partial charge in [-0.05, 0) is 31.5 Å². The van der Waals surface area contributed by atoms with Crippen molar-refractivity contribution >= 4 is 24.5 Å². The van der Waals surface area contributed by atoms with Crippen LogP contribution in [0, 0.1) is 0 Å². The Hall–Kier alpha value is -3.30. The molecule has 4 rings (SSSR count). The van der Waals surface area contributed by atoms with Crippen molar-refractivity contribution in [3.63, 3.8) is 0 Å². The number of nitrogen functional groups attached to an aromatic ring is 1. The van der Waals surface area contributed by atoms with E-state index in [4.69, 9.17) is 19.7 Å². The molecular weight excluding hydrogens is 479 g/mol. The zero-order valence-corrected chi connectivity index (χ0v) is 21.3. The Bertz CT molecular complexity index is 1290. The molecule has 3 N–H and O–H groups in total. The van der Waals surface area contributed by atoms with Gasteiger partial charge in [0, 0.05) is 6.04 Å². The molecule has 0 fully saturated rings. The summed E-state index contributed by atoms with van der Waals surface area (Å²) in [6.45, 7) is 5.05. The summed E-state index contributed by atoms with van der Waals surface area (Å²) < 4.78 is 33.4. The van der Waals surface area contributed by atoms with Crippen LogP contribution in [-0.2, 0) is 27.2 Å². The molecule has 0 spiro atoms. The van der Waals surface area contributed by atoms with Crippen LogP contribution in [0.4, 0.5) is 5.82 Å². The molecule has 0 aliphatic rings. The highest BCUT2D eigenvalue weighted by atomic mass is 31.2. The number of anilines is 1. The van der Waals surface area contributed by atoms with E-state index in [-0.39, 0.29) is 18.5 Å². The first-order chi connectivity index (χ1) is 17.4. The van der Waals surface area contributed by atoms with E-state index in [0.717, 1.165) is 5.56 Å². The van der Waals surface area contributed by atoms with Gasteiger partial charge in [-0.1, -0.05) is 48.5 Å². The summed E-state index contributed by atoms with van der Waals surface area (Å²) in [7, 11) is -3.43. The molecule has 0 radical (unpaired) electrons. The molecule has 0 amide bonds. The van der Waals surface area contributed by atoms with Crippen molar-refractivity contribution in [1.82, 2.24) is 24.6 Å². The van der Waals surface area contributed by atoms with Crippen LogP contribution in [0.2, 0.25) is 0 Å². The first-order valence-electron chi connectivity index (χ1n) is 11.7. The van der Waals surface area contributed by atoms with Crippen molar-refractivity contribution in [3.05, 3.63) is 78.9 Å². The normalized spacial score (nSPS) is 14.8. The summed E-state index contributed by atoms with van der Waals surface area (Å²) >= 11 is 0. The maximum absolute atomic E-state index is 13.8. The van der Waals surface area contributed by atoms with Crippen molar-refractivity contribution in [2.45, 2.75) is 39.1 Å².